The van der Waals surface area contributed by atoms with Crippen LogP contribution in [0.2, 0.25) is 0 Å². The second-order valence-electron chi connectivity index (χ2n) is 5.63. The highest BCUT2D eigenvalue weighted by Crippen LogP contribution is 2.24. The molecule has 0 aliphatic heterocycles. The first-order chi connectivity index (χ1) is 9.51. The topological polar surface area (TPSA) is 35.2 Å². The molecule has 0 aliphatic rings. The van der Waals surface area contributed by atoms with Gasteiger partial charge in [0.25, 0.3) is 0 Å². The molecule has 2 nitrogen and oxygen atoms in total. The molecule has 0 heterocycles. The first kappa shape index (κ1) is 14.6. The van der Waals surface area contributed by atoms with E-state index in [0.29, 0.717) is 0 Å². The summed E-state index contributed by atoms with van der Waals surface area (Å²) in [6.07, 6.45) is 1.88. The minimum absolute atomic E-state index is 0.298. The molecule has 0 aliphatic carbocycles. The third-order valence-corrected chi connectivity index (χ3v) is 3.80. The van der Waals surface area contributed by atoms with Crippen LogP contribution in [-0.4, -0.2) is 7.11 Å². The molecule has 2 heteroatoms. The van der Waals surface area contributed by atoms with Gasteiger partial charge in [-0.05, 0) is 49.9 Å². The average molecular weight is 269 g/mol. The van der Waals surface area contributed by atoms with Crippen LogP contribution in [0.25, 0.3) is 0 Å². The maximum Gasteiger partial charge on any atom is 0.118 e. The Morgan fingerprint density at radius 1 is 1.00 bits per heavy atom. The summed E-state index contributed by atoms with van der Waals surface area (Å²) in [6.45, 7) is 4.19. The number of methoxy groups -OCH3 is 1. The van der Waals surface area contributed by atoms with Gasteiger partial charge in [-0.2, -0.15) is 0 Å². The Bertz CT molecular complexity index is 541. The fourth-order valence-electron chi connectivity index (χ4n) is 2.27. The van der Waals surface area contributed by atoms with Crippen molar-refractivity contribution < 1.29 is 4.74 Å². The van der Waals surface area contributed by atoms with E-state index in [4.69, 9.17) is 10.5 Å². The van der Waals surface area contributed by atoms with Crippen LogP contribution in [0.5, 0.6) is 5.75 Å². The van der Waals surface area contributed by atoms with Crippen molar-refractivity contribution in [2.75, 3.05) is 7.11 Å². The third-order valence-electron chi connectivity index (χ3n) is 3.80. The van der Waals surface area contributed by atoms with E-state index in [9.17, 15) is 0 Å². The Labute approximate surface area is 121 Å². The highest BCUT2D eigenvalue weighted by Gasteiger charge is 2.20. The molecule has 2 rings (SSSR count). The van der Waals surface area contributed by atoms with Crippen LogP contribution in [0.1, 0.15) is 30.0 Å². The van der Waals surface area contributed by atoms with Gasteiger partial charge in [0.15, 0.2) is 0 Å². The minimum Gasteiger partial charge on any atom is -0.497 e. The summed E-state index contributed by atoms with van der Waals surface area (Å²) >= 11 is 0. The van der Waals surface area contributed by atoms with Gasteiger partial charge in [0, 0.05) is 5.54 Å². The number of ether oxygens (including phenoxy) is 1. The normalized spacial score (nSPS) is 13.8. The van der Waals surface area contributed by atoms with Gasteiger partial charge in [-0.3, -0.25) is 0 Å². The van der Waals surface area contributed by atoms with Gasteiger partial charge >= 0.3 is 0 Å². The van der Waals surface area contributed by atoms with Crippen LogP contribution in [0.4, 0.5) is 0 Å². The maximum absolute atomic E-state index is 6.47. The van der Waals surface area contributed by atoms with E-state index in [2.05, 4.69) is 50.2 Å². The second kappa shape index (κ2) is 6.10. The molecule has 0 aromatic heterocycles. The molecule has 106 valence electrons. The first-order valence-corrected chi connectivity index (χ1v) is 7.00. The molecule has 0 amide bonds. The van der Waals surface area contributed by atoms with Crippen molar-refractivity contribution in [2.24, 2.45) is 5.73 Å². The molecule has 0 saturated carbocycles. The zero-order valence-electron chi connectivity index (χ0n) is 12.5. The summed E-state index contributed by atoms with van der Waals surface area (Å²) in [5.74, 6) is 0.891. The number of rotatable bonds is 5. The van der Waals surface area contributed by atoms with Crippen molar-refractivity contribution in [1.82, 2.24) is 0 Å². The smallest absolute Gasteiger partial charge is 0.118 e. The van der Waals surface area contributed by atoms with Gasteiger partial charge in [0.2, 0.25) is 0 Å². The second-order valence-corrected chi connectivity index (χ2v) is 5.63. The van der Waals surface area contributed by atoms with Crippen molar-refractivity contribution in [3.63, 3.8) is 0 Å². The average Bonchev–Trinajstić information content (AvgIpc) is 2.46. The van der Waals surface area contributed by atoms with Crippen molar-refractivity contribution in [3.8, 4) is 5.75 Å². The molecule has 0 bridgehead atoms. The number of nitrogens with two attached hydrogens (primary N) is 1. The number of benzene rings is 2. The lowest BCUT2D eigenvalue weighted by molar-refractivity contribution is 0.414. The van der Waals surface area contributed by atoms with Gasteiger partial charge in [0.05, 0.1) is 7.11 Å². The fraction of sp³-hybridized carbons (Fsp3) is 0.333. The van der Waals surface area contributed by atoms with Crippen LogP contribution >= 0.6 is 0 Å². The lowest BCUT2D eigenvalue weighted by Gasteiger charge is -2.25. The summed E-state index contributed by atoms with van der Waals surface area (Å²) in [6, 6.07) is 16.7. The Morgan fingerprint density at radius 3 is 2.15 bits per heavy atom. The highest BCUT2D eigenvalue weighted by molar-refractivity contribution is 5.29. The molecule has 2 aromatic carbocycles. The molecule has 2 N–H and O–H groups in total. The highest BCUT2D eigenvalue weighted by atomic mass is 16.5. The van der Waals surface area contributed by atoms with Gasteiger partial charge < -0.3 is 10.5 Å². The van der Waals surface area contributed by atoms with Crippen molar-refractivity contribution in [1.29, 1.82) is 0 Å². The third kappa shape index (κ3) is 3.61. The minimum atomic E-state index is -0.298. The molecule has 0 saturated heterocycles. The van der Waals surface area contributed by atoms with E-state index in [-0.39, 0.29) is 5.54 Å². The van der Waals surface area contributed by atoms with E-state index < -0.39 is 0 Å². The van der Waals surface area contributed by atoms with E-state index in [0.717, 1.165) is 18.6 Å². The molecule has 20 heavy (non-hydrogen) atoms. The summed E-state index contributed by atoms with van der Waals surface area (Å²) in [5, 5.41) is 0. The number of hydrogen-bond donors (Lipinski definition) is 1. The summed E-state index contributed by atoms with van der Waals surface area (Å²) in [7, 11) is 1.68. The van der Waals surface area contributed by atoms with Gasteiger partial charge in [-0.1, -0.05) is 42.0 Å². The fourth-order valence-corrected chi connectivity index (χ4v) is 2.27. The standard InChI is InChI=1S/C18H23NO/c1-14-4-8-16(9-5-14)18(2,19)13-12-15-6-10-17(20-3)11-7-15/h4-11H,12-13,19H2,1-3H3. The number of hydrogen-bond acceptors (Lipinski definition) is 2. The van der Waals surface area contributed by atoms with Crippen LogP contribution in [0, 0.1) is 6.92 Å². The Kier molecular flexibility index (Phi) is 4.46. The largest absolute Gasteiger partial charge is 0.497 e. The Balaban J connectivity index is 2.02. The summed E-state index contributed by atoms with van der Waals surface area (Å²) in [5.41, 5.74) is 9.91. The zero-order valence-corrected chi connectivity index (χ0v) is 12.5. The quantitative estimate of drug-likeness (QED) is 0.895. The van der Waals surface area contributed by atoms with Crippen molar-refractivity contribution >= 4 is 0 Å². The van der Waals surface area contributed by atoms with E-state index in [1.165, 1.54) is 16.7 Å². The Morgan fingerprint density at radius 2 is 1.60 bits per heavy atom. The van der Waals surface area contributed by atoms with Gasteiger partial charge in [-0.25, -0.2) is 0 Å². The van der Waals surface area contributed by atoms with Crippen molar-refractivity contribution in [3.05, 3.63) is 65.2 Å². The lowest BCUT2D eigenvalue weighted by atomic mass is 9.87. The zero-order chi connectivity index (χ0) is 14.6. The predicted octanol–water partition coefficient (Wildman–Crippen LogP) is 3.81. The van der Waals surface area contributed by atoms with Gasteiger partial charge in [-0.15, -0.1) is 0 Å². The predicted molar refractivity (Wildman–Crippen MR) is 84.0 cm³/mol. The van der Waals surface area contributed by atoms with Crippen LogP contribution in [0.15, 0.2) is 48.5 Å². The molecule has 0 radical (unpaired) electrons. The Hall–Kier alpha value is -1.80. The van der Waals surface area contributed by atoms with Crippen LogP contribution < -0.4 is 10.5 Å². The first-order valence-electron chi connectivity index (χ1n) is 7.00. The maximum atomic E-state index is 6.47. The van der Waals surface area contributed by atoms with E-state index in [1.54, 1.807) is 7.11 Å². The molecule has 2 aromatic rings. The molecular weight excluding hydrogens is 246 g/mol. The van der Waals surface area contributed by atoms with E-state index in [1.807, 2.05) is 12.1 Å². The molecular formula is C18H23NO. The lowest BCUT2D eigenvalue weighted by Crippen LogP contribution is -2.33. The van der Waals surface area contributed by atoms with Crippen LogP contribution in [-0.2, 0) is 12.0 Å². The molecule has 1 unspecified atom stereocenters. The SMILES string of the molecule is COc1ccc(CCC(C)(N)c2ccc(C)cc2)cc1. The van der Waals surface area contributed by atoms with Gasteiger partial charge in [0.1, 0.15) is 5.75 Å². The summed E-state index contributed by atoms with van der Waals surface area (Å²) in [4.78, 5) is 0. The molecule has 0 spiro atoms. The monoisotopic (exact) mass is 269 g/mol. The number of aryl methyl sites for hydroxylation is 2. The van der Waals surface area contributed by atoms with E-state index >= 15 is 0 Å². The molecule has 1 atom stereocenters. The van der Waals surface area contributed by atoms with Crippen molar-refractivity contribution in [2.45, 2.75) is 32.2 Å². The van der Waals surface area contributed by atoms with Crippen LogP contribution in [0.3, 0.4) is 0 Å². The summed E-state index contributed by atoms with van der Waals surface area (Å²) < 4.78 is 5.17. The molecule has 0 fully saturated rings.